The van der Waals surface area contributed by atoms with Crippen molar-refractivity contribution in [3.05, 3.63) is 0 Å². The van der Waals surface area contributed by atoms with Crippen LogP contribution in [0, 0.1) is 0 Å². The third-order valence-corrected chi connectivity index (χ3v) is 4.20. The minimum Gasteiger partial charge on any atom is -0.340 e. The Labute approximate surface area is 96.0 Å². The van der Waals surface area contributed by atoms with Gasteiger partial charge in [-0.3, -0.25) is 4.79 Å². The fourth-order valence-corrected chi connectivity index (χ4v) is 3.19. The highest BCUT2D eigenvalue weighted by Crippen LogP contribution is 2.17. The Morgan fingerprint density at radius 3 is 2.60 bits per heavy atom. The van der Waals surface area contributed by atoms with Gasteiger partial charge >= 0.3 is 0 Å². The van der Waals surface area contributed by atoms with E-state index < -0.39 is 0 Å². The molecule has 15 heavy (non-hydrogen) atoms. The monoisotopic (exact) mass is 228 g/mol. The van der Waals surface area contributed by atoms with E-state index in [4.69, 9.17) is 0 Å². The van der Waals surface area contributed by atoms with Crippen LogP contribution in [0.15, 0.2) is 0 Å². The van der Waals surface area contributed by atoms with Gasteiger partial charge in [-0.05, 0) is 12.8 Å². The molecule has 0 bridgehead atoms. The molecule has 0 spiro atoms. The average molecular weight is 228 g/mol. The lowest BCUT2D eigenvalue weighted by atomic mass is 10.2. The Morgan fingerprint density at radius 2 is 1.93 bits per heavy atom. The molecule has 0 aromatic carbocycles. The van der Waals surface area contributed by atoms with E-state index in [-0.39, 0.29) is 0 Å². The zero-order chi connectivity index (χ0) is 10.5. The SMILES string of the molecule is O=C(CNC1CCCC1)N1CCSCC1. The van der Waals surface area contributed by atoms with Crippen LogP contribution in [0.4, 0.5) is 0 Å². The number of carbonyl (C=O) groups is 1. The van der Waals surface area contributed by atoms with E-state index in [0.717, 1.165) is 24.6 Å². The predicted molar refractivity (Wildman–Crippen MR) is 64.2 cm³/mol. The Kier molecular flexibility index (Phi) is 4.32. The molecule has 1 heterocycles. The van der Waals surface area contributed by atoms with Crippen molar-refractivity contribution in [3.8, 4) is 0 Å². The van der Waals surface area contributed by atoms with Gasteiger partial charge in [0.05, 0.1) is 6.54 Å². The summed E-state index contributed by atoms with van der Waals surface area (Å²) in [5, 5.41) is 3.38. The number of rotatable bonds is 3. The molecule has 0 aromatic rings. The molecule has 2 rings (SSSR count). The first-order valence-electron chi connectivity index (χ1n) is 5.95. The summed E-state index contributed by atoms with van der Waals surface area (Å²) in [6, 6.07) is 0.605. The van der Waals surface area contributed by atoms with Crippen LogP contribution in [-0.4, -0.2) is 48.0 Å². The summed E-state index contributed by atoms with van der Waals surface area (Å²) in [4.78, 5) is 13.8. The van der Waals surface area contributed by atoms with Crippen LogP contribution in [0.3, 0.4) is 0 Å². The zero-order valence-corrected chi connectivity index (χ0v) is 10.0. The summed E-state index contributed by atoms with van der Waals surface area (Å²) < 4.78 is 0. The van der Waals surface area contributed by atoms with Gasteiger partial charge in [-0.15, -0.1) is 0 Å². The Balaban J connectivity index is 1.66. The van der Waals surface area contributed by atoms with Gasteiger partial charge in [0, 0.05) is 30.6 Å². The van der Waals surface area contributed by atoms with Crippen LogP contribution in [0.1, 0.15) is 25.7 Å². The second kappa shape index (κ2) is 5.75. The van der Waals surface area contributed by atoms with Gasteiger partial charge in [0.1, 0.15) is 0 Å². The molecular formula is C11H20N2OS. The molecule has 2 fully saturated rings. The van der Waals surface area contributed by atoms with Crippen LogP contribution >= 0.6 is 11.8 Å². The third-order valence-electron chi connectivity index (χ3n) is 3.26. The van der Waals surface area contributed by atoms with Gasteiger partial charge in [0.15, 0.2) is 0 Å². The molecule has 1 saturated carbocycles. The molecule has 1 aliphatic carbocycles. The molecule has 0 aromatic heterocycles. The summed E-state index contributed by atoms with van der Waals surface area (Å²) in [6.07, 6.45) is 5.16. The maximum atomic E-state index is 11.8. The Morgan fingerprint density at radius 1 is 1.27 bits per heavy atom. The van der Waals surface area contributed by atoms with Crippen molar-refractivity contribution in [1.29, 1.82) is 0 Å². The summed E-state index contributed by atoms with van der Waals surface area (Å²) in [6.45, 7) is 2.43. The topological polar surface area (TPSA) is 32.3 Å². The van der Waals surface area contributed by atoms with Crippen molar-refractivity contribution in [2.75, 3.05) is 31.1 Å². The second-order valence-electron chi connectivity index (χ2n) is 4.36. The molecule has 0 radical (unpaired) electrons. The molecule has 86 valence electrons. The molecule has 1 saturated heterocycles. The van der Waals surface area contributed by atoms with E-state index in [1.165, 1.54) is 25.7 Å². The number of carbonyl (C=O) groups excluding carboxylic acids is 1. The number of hydrogen-bond donors (Lipinski definition) is 1. The van der Waals surface area contributed by atoms with Crippen LogP contribution in [-0.2, 0) is 4.79 Å². The van der Waals surface area contributed by atoms with E-state index in [1.807, 2.05) is 16.7 Å². The van der Waals surface area contributed by atoms with Gasteiger partial charge in [-0.1, -0.05) is 12.8 Å². The fraction of sp³-hybridized carbons (Fsp3) is 0.909. The highest BCUT2D eigenvalue weighted by Gasteiger charge is 2.19. The van der Waals surface area contributed by atoms with Crippen LogP contribution in [0.5, 0.6) is 0 Å². The van der Waals surface area contributed by atoms with Crippen LogP contribution < -0.4 is 5.32 Å². The van der Waals surface area contributed by atoms with Gasteiger partial charge < -0.3 is 10.2 Å². The second-order valence-corrected chi connectivity index (χ2v) is 5.58. The zero-order valence-electron chi connectivity index (χ0n) is 9.21. The number of nitrogens with one attached hydrogen (secondary N) is 1. The maximum Gasteiger partial charge on any atom is 0.236 e. The quantitative estimate of drug-likeness (QED) is 0.785. The van der Waals surface area contributed by atoms with Gasteiger partial charge in [-0.2, -0.15) is 11.8 Å². The Hall–Kier alpha value is -0.220. The van der Waals surface area contributed by atoms with Crippen molar-refractivity contribution in [2.45, 2.75) is 31.7 Å². The van der Waals surface area contributed by atoms with Gasteiger partial charge in [0.2, 0.25) is 5.91 Å². The van der Waals surface area contributed by atoms with Crippen molar-refractivity contribution in [1.82, 2.24) is 10.2 Å². The van der Waals surface area contributed by atoms with Crippen molar-refractivity contribution >= 4 is 17.7 Å². The minimum absolute atomic E-state index is 0.294. The standard InChI is InChI=1S/C11H20N2OS/c14-11(13-5-7-15-8-6-13)9-12-10-3-1-2-4-10/h10,12H,1-9H2. The van der Waals surface area contributed by atoms with Crippen molar-refractivity contribution in [2.24, 2.45) is 0 Å². The van der Waals surface area contributed by atoms with Gasteiger partial charge in [-0.25, -0.2) is 0 Å². The maximum absolute atomic E-state index is 11.8. The van der Waals surface area contributed by atoms with E-state index in [9.17, 15) is 4.79 Å². The van der Waals surface area contributed by atoms with E-state index in [1.54, 1.807) is 0 Å². The number of amides is 1. The van der Waals surface area contributed by atoms with E-state index in [0.29, 0.717) is 18.5 Å². The number of thioether (sulfide) groups is 1. The van der Waals surface area contributed by atoms with Gasteiger partial charge in [0.25, 0.3) is 0 Å². The molecule has 4 heteroatoms. The molecule has 1 amide bonds. The molecular weight excluding hydrogens is 208 g/mol. The number of nitrogens with zero attached hydrogens (tertiary/aromatic N) is 1. The summed E-state index contributed by atoms with van der Waals surface area (Å²) in [7, 11) is 0. The highest BCUT2D eigenvalue weighted by molar-refractivity contribution is 7.99. The highest BCUT2D eigenvalue weighted by atomic mass is 32.2. The summed E-state index contributed by atoms with van der Waals surface area (Å²) in [5.74, 6) is 2.51. The Bertz CT molecular complexity index is 211. The average Bonchev–Trinajstić information content (AvgIpc) is 2.80. The number of hydrogen-bond acceptors (Lipinski definition) is 3. The molecule has 3 nitrogen and oxygen atoms in total. The lowest BCUT2D eigenvalue weighted by molar-refractivity contribution is -0.130. The van der Waals surface area contributed by atoms with E-state index in [2.05, 4.69) is 5.32 Å². The fourth-order valence-electron chi connectivity index (χ4n) is 2.29. The molecule has 2 aliphatic rings. The van der Waals surface area contributed by atoms with Crippen molar-refractivity contribution < 1.29 is 4.79 Å². The molecule has 0 atom stereocenters. The van der Waals surface area contributed by atoms with Crippen LogP contribution in [0.25, 0.3) is 0 Å². The normalized spacial score (nSPS) is 23.3. The molecule has 0 unspecified atom stereocenters. The lowest BCUT2D eigenvalue weighted by Gasteiger charge is -2.27. The predicted octanol–water partition coefficient (Wildman–Crippen LogP) is 1.09. The van der Waals surface area contributed by atoms with E-state index >= 15 is 0 Å². The largest absolute Gasteiger partial charge is 0.340 e. The lowest BCUT2D eigenvalue weighted by Crippen LogP contribution is -2.44. The van der Waals surface area contributed by atoms with Crippen LogP contribution in [0.2, 0.25) is 0 Å². The molecule has 1 aliphatic heterocycles. The summed E-state index contributed by atoms with van der Waals surface area (Å²) in [5.41, 5.74) is 0. The smallest absolute Gasteiger partial charge is 0.236 e. The minimum atomic E-state index is 0.294. The molecule has 1 N–H and O–H groups in total. The first kappa shape index (κ1) is 11.3. The first-order chi connectivity index (χ1) is 7.36. The summed E-state index contributed by atoms with van der Waals surface area (Å²) >= 11 is 1.95. The first-order valence-corrected chi connectivity index (χ1v) is 7.10. The third kappa shape index (κ3) is 3.38. The van der Waals surface area contributed by atoms with Crippen molar-refractivity contribution in [3.63, 3.8) is 0 Å².